The standard InChI is InChI=1S/C12H19N3O3/c1-12(2,3)13-6-4-7-14-8-5-11(16)10(9-14)15(17)18/h5,8-9,13H,4,6-7H2,1-3H3. The highest BCUT2D eigenvalue weighted by molar-refractivity contribution is 5.25. The first kappa shape index (κ1) is 14.4. The fraction of sp³-hybridized carbons (Fsp3) is 0.583. The third-order valence-corrected chi connectivity index (χ3v) is 2.40. The van der Waals surface area contributed by atoms with E-state index >= 15 is 0 Å². The fourth-order valence-electron chi connectivity index (χ4n) is 1.51. The first-order valence-corrected chi connectivity index (χ1v) is 5.89. The van der Waals surface area contributed by atoms with Crippen LogP contribution in [0.15, 0.2) is 23.3 Å². The summed E-state index contributed by atoms with van der Waals surface area (Å²) >= 11 is 0. The molecule has 1 aromatic rings. The summed E-state index contributed by atoms with van der Waals surface area (Å²) in [7, 11) is 0. The van der Waals surface area contributed by atoms with E-state index in [1.54, 1.807) is 10.8 Å². The van der Waals surface area contributed by atoms with E-state index in [2.05, 4.69) is 26.1 Å². The van der Waals surface area contributed by atoms with Gasteiger partial charge < -0.3 is 9.88 Å². The van der Waals surface area contributed by atoms with Crippen LogP contribution in [0.4, 0.5) is 5.69 Å². The molecule has 18 heavy (non-hydrogen) atoms. The molecule has 0 radical (unpaired) electrons. The molecule has 0 aliphatic heterocycles. The fourth-order valence-corrected chi connectivity index (χ4v) is 1.51. The van der Waals surface area contributed by atoms with E-state index in [-0.39, 0.29) is 11.2 Å². The van der Waals surface area contributed by atoms with Gasteiger partial charge in [0.2, 0.25) is 0 Å². The molecule has 0 saturated carbocycles. The van der Waals surface area contributed by atoms with Crippen LogP contribution in [0.25, 0.3) is 0 Å². The van der Waals surface area contributed by atoms with Gasteiger partial charge in [0.25, 0.3) is 5.43 Å². The van der Waals surface area contributed by atoms with Gasteiger partial charge in [-0.1, -0.05) is 0 Å². The summed E-state index contributed by atoms with van der Waals surface area (Å²) in [6.07, 6.45) is 3.71. The highest BCUT2D eigenvalue weighted by atomic mass is 16.6. The van der Waals surface area contributed by atoms with E-state index in [1.807, 2.05) is 0 Å². The van der Waals surface area contributed by atoms with Crippen molar-refractivity contribution in [3.63, 3.8) is 0 Å². The number of hydrogen-bond acceptors (Lipinski definition) is 4. The van der Waals surface area contributed by atoms with Gasteiger partial charge in [0.15, 0.2) is 0 Å². The summed E-state index contributed by atoms with van der Waals surface area (Å²) in [4.78, 5) is 21.2. The topological polar surface area (TPSA) is 77.2 Å². The zero-order valence-corrected chi connectivity index (χ0v) is 11.0. The van der Waals surface area contributed by atoms with E-state index in [0.29, 0.717) is 6.54 Å². The Kier molecular flexibility index (Phi) is 4.61. The van der Waals surface area contributed by atoms with E-state index < -0.39 is 10.4 Å². The van der Waals surface area contributed by atoms with Crippen LogP contribution < -0.4 is 10.7 Å². The molecule has 0 aliphatic carbocycles. The molecule has 6 heteroatoms. The van der Waals surface area contributed by atoms with Gasteiger partial charge in [0.1, 0.15) is 0 Å². The Balaban J connectivity index is 2.56. The van der Waals surface area contributed by atoms with Crippen molar-refractivity contribution in [2.75, 3.05) is 6.54 Å². The number of hydrogen-bond donors (Lipinski definition) is 1. The number of aromatic nitrogens is 1. The minimum Gasteiger partial charge on any atom is -0.348 e. The molecule has 0 unspecified atom stereocenters. The summed E-state index contributed by atoms with van der Waals surface area (Å²) in [5.74, 6) is 0. The van der Waals surface area contributed by atoms with Gasteiger partial charge in [0.05, 0.1) is 11.1 Å². The number of nitro groups is 1. The van der Waals surface area contributed by atoms with Crippen LogP contribution in [-0.2, 0) is 6.54 Å². The van der Waals surface area contributed by atoms with E-state index in [0.717, 1.165) is 13.0 Å². The maximum atomic E-state index is 11.2. The van der Waals surface area contributed by atoms with Crippen molar-refractivity contribution in [3.8, 4) is 0 Å². The predicted octanol–water partition coefficient (Wildman–Crippen LogP) is 1.53. The SMILES string of the molecule is CC(C)(C)NCCCn1ccc(=O)c([N+](=O)[O-])c1. The molecule has 0 saturated heterocycles. The lowest BCUT2D eigenvalue weighted by atomic mass is 10.1. The summed E-state index contributed by atoms with van der Waals surface area (Å²) in [5, 5.41) is 13.9. The molecule has 0 aliphatic rings. The molecule has 0 spiro atoms. The molecular weight excluding hydrogens is 234 g/mol. The van der Waals surface area contributed by atoms with Crippen molar-refractivity contribution in [1.29, 1.82) is 0 Å². The van der Waals surface area contributed by atoms with Crippen LogP contribution in [-0.4, -0.2) is 21.6 Å². The lowest BCUT2D eigenvalue weighted by Crippen LogP contribution is -2.36. The average molecular weight is 253 g/mol. The summed E-state index contributed by atoms with van der Waals surface area (Å²) in [5.41, 5.74) is -0.861. The highest BCUT2D eigenvalue weighted by Crippen LogP contribution is 2.03. The molecule has 0 aromatic carbocycles. The Bertz CT molecular complexity index is 474. The molecule has 0 fully saturated rings. The number of nitrogens with zero attached hydrogens (tertiary/aromatic N) is 2. The van der Waals surface area contributed by atoms with Crippen molar-refractivity contribution in [3.05, 3.63) is 38.8 Å². The van der Waals surface area contributed by atoms with Gasteiger partial charge in [-0.05, 0) is 33.7 Å². The molecule has 1 rings (SSSR count). The molecule has 6 nitrogen and oxygen atoms in total. The second-order valence-corrected chi connectivity index (χ2v) is 5.22. The first-order valence-electron chi connectivity index (χ1n) is 5.89. The van der Waals surface area contributed by atoms with Crippen LogP contribution in [0, 0.1) is 10.1 Å². The monoisotopic (exact) mass is 253 g/mol. The smallest absolute Gasteiger partial charge is 0.332 e. The number of rotatable bonds is 5. The number of pyridine rings is 1. The normalized spacial score (nSPS) is 11.5. The van der Waals surface area contributed by atoms with Gasteiger partial charge in [-0.2, -0.15) is 0 Å². The zero-order valence-electron chi connectivity index (χ0n) is 11.0. The van der Waals surface area contributed by atoms with Crippen LogP contribution in [0.3, 0.4) is 0 Å². The first-order chi connectivity index (χ1) is 8.29. The minimum atomic E-state index is -0.647. The maximum Gasteiger partial charge on any atom is 0.332 e. The van der Waals surface area contributed by atoms with Gasteiger partial charge in [0, 0.05) is 24.3 Å². The summed E-state index contributed by atoms with van der Waals surface area (Å²) in [6.45, 7) is 7.71. The van der Waals surface area contributed by atoms with E-state index in [9.17, 15) is 14.9 Å². The summed E-state index contributed by atoms with van der Waals surface area (Å²) < 4.78 is 1.67. The number of aryl methyl sites for hydroxylation is 1. The second kappa shape index (κ2) is 5.77. The molecule has 0 amide bonds. The Hall–Kier alpha value is -1.69. The van der Waals surface area contributed by atoms with Crippen molar-refractivity contribution >= 4 is 5.69 Å². The molecule has 1 aromatic heterocycles. The predicted molar refractivity (Wildman–Crippen MR) is 69.7 cm³/mol. The van der Waals surface area contributed by atoms with E-state index in [4.69, 9.17) is 0 Å². The molecule has 1 heterocycles. The largest absolute Gasteiger partial charge is 0.348 e. The Morgan fingerprint density at radius 1 is 1.44 bits per heavy atom. The average Bonchev–Trinajstić information content (AvgIpc) is 2.24. The lowest BCUT2D eigenvalue weighted by molar-refractivity contribution is -0.386. The van der Waals surface area contributed by atoms with Crippen LogP contribution in [0.5, 0.6) is 0 Å². The van der Waals surface area contributed by atoms with Crippen molar-refractivity contribution in [1.82, 2.24) is 9.88 Å². The van der Waals surface area contributed by atoms with Crippen molar-refractivity contribution < 1.29 is 4.92 Å². The third kappa shape index (κ3) is 4.67. The van der Waals surface area contributed by atoms with Gasteiger partial charge >= 0.3 is 5.69 Å². The minimum absolute atomic E-state index is 0.0650. The van der Waals surface area contributed by atoms with Gasteiger partial charge in [-0.25, -0.2) is 0 Å². The molecule has 0 bridgehead atoms. The Labute approximate surface area is 106 Å². The Morgan fingerprint density at radius 3 is 2.67 bits per heavy atom. The lowest BCUT2D eigenvalue weighted by Gasteiger charge is -2.20. The molecule has 0 atom stereocenters. The van der Waals surface area contributed by atoms with Crippen LogP contribution >= 0.6 is 0 Å². The number of nitrogens with one attached hydrogen (secondary N) is 1. The van der Waals surface area contributed by atoms with Gasteiger partial charge in [-0.3, -0.25) is 14.9 Å². The van der Waals surface area contributed by atoms with Crippen LogP contribution in [0.2, 0.25) is 0 Å². The van der Waals surface area contributed by atoms with E-state index in [1.165, 1.54) is 12.3 Å². The molecule has 1 N–H and O–H groups in total. The second-order valence-electron chi connectivity index (χ2n) is 5.22. The summed E-state index contributed by atoms with van der Waals surface area (Å²) in [6, 6.07) is 1.23. The quantitative estimate of drug-likeness (QED) is 0.490. The van der Waals surface area contributed by atoms with Crippen molar-refractivity contribution in [2.24, 2.45) is 0 Å². The zero-order chi connectivity index (χ0) is 13.8. The van der Waals surface area contributed by atoms with Crippen LogP contribution in [0.1, 0.15) is 27.2 Å². The third-order valence-electron chi connectivity index (χ3n) is 2.40. The molecule has 100 valence electrons. The maximum absolute atomic E-state index is 11.2. The van der Waals surface area contributed by atoms with Crippen molar-refractivity contribution in [2.45, 2.75) is 39.3 Å². The van der Waals surface area contributed by atoms with Gasteiger partial charge in [-0.15, -0.1) is 0 Å². The highest BCUT2D eigenvalue weighted by Gasteiger charge is 2.11. The Morgan fingerprint density at radius 2 is 2.11 bits per heavy atom. The molecular formula is C12H19N3O3.